The van der Waals surface area contributed by atoms with Crippen LogP contribution in [0.2, 0.25) is 0 Å². The Hall–Kier alpha value is -1.62. The van der Waals surface area contributed by atoms with Crippen LogP contribution in [-0.4, -0.2) is 5.78 Å². The van der Waals surface area contributed by atoms with Gasteiger partial charge in [0.05, 0.1) is 11.6 Å². The number of carbonyl (C=O) groups excluding carboxylic acids is 1. The average Bonchev–Trinajstić information content (AvgIpc) is 2.37. The predicted molar refractivity (Wildman–Crippen MR) is 53.0 cm³/mol. The first-order chi connectivity index (χ1) is 6.54. The molecule has 0 fully saturated rings. The van der Waals surface area contributed by atoms with Gasteiger partial charge in [-0.25, -0.2) is 0 Å². The van der Waals surface area contributed by atoms with E-state index in [1.54, 1.807) is 12.1 Å². The molecule has 1 aromatic rings. The summed E-state index contributed by atoms with van der Waals surface area (Å²) in [5.74, 6) is 0.192. The van der Waals surface area contributed by atoms with Crippen molar-refractivity contribution in [2.24, 2.45) is 5.41 Å². The van der Waals surface area contributed by atoms with E-state index >= 15 is 0 Å². The molecule has 0 N–H and O–H groups in total. The minimum atomic E-state index is -0.295. The molecule has 0 unspecified atom stereocenters. The SMILES string of the molecule is CC1(C)Cc2cc(C#N)ccc2C1=O. The minimum Gasteiger partial charge on any atom is -0.294 e. The zero-order chi connectivity index (χ0) is 10.3. The zero-order valence-electron chi connectivity index (χ0n) is 8.29. The Morgan fingerprint density at radius 1 is 1.43 bits per heavy atom. The molecule has 1 aromatic carbocycles. The Bertz CT molecular complexity index is 452. The van der Waals surface area contributed by atoms with Crippen LogP contribution in [0.4, 0.5) is 0 Å². The Kier molecular flexibility index (Phi) is 1.72. The lowest BCUT2D eigenvalue weighted by atomic mass is 9.89. The first kappa shape index (κ1) is 8.96. The molecule has 0 amide bonds. The molecule has 0 radical (unpaired) electrons. The molecule has 0 saturated carbocycles. The maximum Gasteiger partial charge on any atom is 0.169 e. The van der Waals surface area contributed by atoms with Gasteiger partial charge in [-0.3, -0.25) is 4.79 Å². The molecule has 0 spiro atoms. The summed E-state index contributed by atoms with van der Waals surface area (Å²) in [6.45, 7) is 3.89. The van der Waals surface area contributed by atoms with Crippen molar-refractivity contribution >= 4 is 5.78 Å². The number of fused-ring (bicyclic) bond motifs is 1. The average molecular weight is 185 g/mol. The normalized spacial score (nSPS) is 17.6. The van der Waals surface area contributed by atoms with E-state index in [-0.39, 0.29) is 11.2 Å². The maximum atomic E-state index is 11.8. The zero-order valence-corrected chi connectivity index (χ0v) is 8.29. The molecule has 0 bridgehead atoms. The summed E-state index contributed by atoms with van der Waals surface area (Å²) in [5.41, 5.74) is 2.14. The fourth-order valence-electron chi connectivity index (χ4n) is 1.95. The lowest BCUT2D eigenvalue weighted by Gasteiger charge is -2.12. The maximum absolute atomic E-state index is 11.8. The van der Waals surface area contributed by atoms with Crippen LogP contribution in [0.15, 0.2) is 18.2 Å². The van der Waals surface area contributed by atoms with Crippen molar-refractivity contribution in [3.63, 3.8) is 0 Å². The van der Waals surface area contributed by atoms with Crippen LogP contribution in [0, 0.1) is 16.7 Å². The molecule has 0 aromatic heterocycles. The van der Waals surface area contributed by atoms with Crippen molar-refractivity contribution in [2.45, 2.75) is 20.3 Å². The summed E-state index contributed by atoms with van der Waals surface area (Å²) in [5, 5.41) is 8.73. The minimum absolute atomic E-state index is 0.192. The van der Waals surface area contributed by atoms with Crippen LogP contribution in [0.3, 0.4) is 0 Å². The van der Waals surface area contributed by atoms with Gasteiger partial charge < -0.3 is 0 Å². The summed E-state index contributed by atoms with van der Waals surface area (Å²) >= 11 is 0. The third-order valence-electron chi connectivity index (χ3n) is 2.73. The van der Waals surface area contributed by atoms with E-state index in [1.165, 1.54) is 0 Å². The van der Waals surface area contributed by atoms with E-state index in [2.05, 4.69) is 6.07 Å². The van der Waals surface area contributed by atoms with Crippen LogP contribution in [-0.2, 0) is 6.42 Å². The topological polar surface area (TPSA) is 40.9 Å². The Morgan fingerprint density at radius 2 is 2.14 bits per heavy atom. The summed E-state index contributed by atoms with van der Waals surface area (Å²) < 4.78 is 0. The number of carbonyl (C=O) groups is 1. The highest BCUT2D eigenvalue weighted by Gasteiger charge is 2.37. The van der Waals surface area contributed by atoms with Crippen LogP contribution in [0.5, 0.6) is 0 Å². The second kappa shape index (κ2) is 2.68. The van der Waals surface area contributed by atoms with Crippen LogP contribution in [0.1, 0.15) is 35.3 Å². The van der Waals surface area contributed by atoms with Gasteiger partial charge in [0.15, 0.2) is 5.78 Å². The van der Waals surface area contributed by atoms with Gasteiger partial charge in [0, 0.05) is 11.0 Å². The Morgan fingerprint density at radius 3 is 2.79 bits per heavy atom. The lowest BCUT2D eigenvalue weighted by molar-refractivity contribution is 0.0863. The van der Waals surface area contributed by atoms with Crippen molar-refractivity contribution in [3.8, 4) is 6.07 Å². The summed E-state index contributed by atoms with van der Waals surface area (Å²) in [4.78, 5) is 11.8. The molecule has 0 saturated heterocycles. The van der Waals surface area contributed by atoms with E-state index in [0.717, 1.165) is 17.5 Å². The van der Waals surface area contributed by atoms with Gasteiger partial charge in [-0.05, 0) is 30.2 Å². The summed E-state index contributed by atoms with van der Waals surface area (Å²) in [7, 11) is 0. The fourth-order valence-corrected chi connectivity index (χ4v) is 1.95. The fraction of sp³-hybridized carbons (Fsp3) is 0.333. The van der Waals surface area contributed by atoms with Gasteiger partial charge >= 0.3 is 0 Å². The number of nitrogens with zero attached hydrogens (tertiary/aromatic N) is 1. The Labute approximate surface area is 83.2 Å². The number of hydrogen-bond acceptors (Lipinski definition) is 2. The molecule has 0 atom stereocenters. The van der Waals surface area contributed by atoms with Crippen LogP contribution >= 0.6 is 0 Å². The van der Waals surface area contributed by atoms with Crippen molar-refractivity contribution in [1.29, 1.82) is 5.26 Å². The highest BCUT2D eigenvalue weighted by molar-refractivity contribution is 6.04. The first-order valence-corrected chi connectivity index (χ1v) is 4.62. The molecule has 2 heteroatoms. The number of rotatable bonds is 0. The second-order valence-corrected chi connectivity index (χ2v) is 4.37. The van der Waals surface area contributed by atoms with E-state index in [9.17, 15) is 4.79 Å². The van der Waals surface area contributed by atoms with Crippen molar-refractivity contribution < 1.29 is 4.79 Å². The van der Waals surface area contributed by atoms with Gasteiger partial charge in [-0.15, -0.1) is 0 Å². The third-order valence-corrected chi connectivity index (χ3v) is 2.73. The smallest absolute Gasteiger partial charge is 0.169 e. The number of nitriles is 1. The third kappa shape index (κ3) is 1.13. The quantitative estimate of drug-likeness (QED) is 0.622. The molecule has 2 nitrogen and oxygen atoms in total. The van der Waals surface area contributed by atoms with Gasteiger partial charge in [0.1, 0.15) is 0 Å². The predicted octanol–water partition coefficient (Wildman–Crippen LogP) is 2.32. The largest absolute Gasteiger partial charge is 0.294 e. The summed E-state index contributed by atoms with van der Waals surface area (Å²) in [6, 6.07) is 7.38. The Balaban J connectivity index is 2.56. The molecular weight excluding hydrogens is 174 g/mol. The standard InChI is InChI=1S/C12H11NO/c1-12(2)6-9-5-8(7-13)3-4-10(9)11(12)14/h3-5H,6H2,1-2H3. The van der Waals surface area contributed by atoms with E-state index in [1.807, 2.05) is 19.9 Å². The van der Waals surface area contributed by atoms with Crippen molar-refractivity contribution in [1.82, 2.24) is 0 Å². The number of Topliss-reactive ketones (excluding diaryl/α,β-unsaturated/α-hetero) is 1. The summed E-state index contributed by atoms with van der Waals surface area (Å²) in [6.07, 6.45) is 0.747. The lowest BCUT2D eigenvalue weighted by Crippen LogP contribution is -2.18. The van der Waals surface area contributed by atoms with Crippen molar-refractivity contribution in [2.75, 3.05) is 0 Å². The van der Waals surface area contributed by atoms with Gasteiger partial charge in [-0.1, -0.05) is 13.8 Å². The van der Waals surface area contributed by atoms with Crippen LogP contribution in [0.25, 0.3) is 0 Å². The van der Waals surface area contributed by atoms with E-state index in [0.29, 0.717) is 5.56 Å². The number of hydrogen-bond donors (Lipinski definition) is 0. The van der Waals surface area contributed by atoms with Crippen LogP contribution < -0.4 is 0 Å². The molecule has 1 aliphatic rings. The number of benzene rings is 1. The van der Waals surface area contributed by atoms with Gasteiger partial charge in [0.2, 0.25) is 0 Å². The highest BCUT2D eigenvalue weighted by Crippen LogP contribution is 2.36. The second-order valence-electron chi connectivity index (χ2n) is 4.37. The first-order valence-electron chi connectivity index (χ1n) is 4.62. The molecule has 1 aliphatic carbocycles. The van der Waals surface area contributed by atoms with Crippen molar-refractivity contribution in [3.05, 3.63) is 34.9 Å². The monoisotopic (exact) mass is 185 g/mol. The van der Waals surface area contributed by atoms with E-state index < -0.39 is 0 Å². The molecule has 70 valence electrons. The molecule has 14 heavy (non-hydrogen) atoms. The number of ketones is 1. The van der Waals surface area contributed by atoms with E-state index in [4.69, 9.17) is 5.26 Å². The molecule has 2 rings (SSSR count). The molecular formula is C12H11NO. The molecule has 0 aliphatic heterocycles. The molecule has 0 heterocycles. The van der Waals surface area contributed by atoms with Gasteiger partial charge in [0.25, 0.3) is 0 Å². The highest BCUT2D eigenvalue weighted by atomic mass is 16.1. The van der Waals surface area contributed by atoms with Gasteiger partial charge in [-0.2, -0.15) is 5.26 Å².